The van der Waals surface area contributed by atoms with Gasteiger partial charge >= 0.3 is 0 Å². The summed E-state index contributed by atoms with van der Waals surface area (Å²) in [7, 11) is 0. The minimum atomic E-state index is -0.463. The molecule has 0 spiro atoms. The van der Waals surface area contributed by atoms with Gasteiger partial charge in [0.1, 0.15) is 23.0 Å². The Bertz CT molecular complexity index is 736. The highest BCUT2D eigenvalue weighted by Crippen LogP contribution is 2.28. The van der Waals surface area contributed by atoms with Crippen LogP contribution in [0.4, 0.5) is 4.39 Å². The Morgan fingerprint density at radius 2 is 1.80 bits per heavy atom. The van der Waals surface area contributed by atoms with Crippen LogP contribution in [-0.4, -0.2) is 25.3 Å². The van der Waals surface area contributed by atoms with Gasteiger partial charge in [0.15, 0.2) is 0 Å². The lowest BCUT2D eigenvalue weighted by molar-refractivity contribution is 0.428. The summed E-state index contributed by atoms with van der Waals surface area (Å²) in [6.07, 6.45) is 1.05. The van der Waals surface area contributed by atoms with E-state index in [-0.39, 0.29) is 23.2 Å². The van der Waals surface area contributed by atoms with Crippen LogP contribution in [0.2, 0.25) is 0 Å². The van der Waals surface area contributed by atoms with Gasteiger partial charge in [0.2, 0.25) is 5.82 Å². The standard InChI is InChI=1S/C13H8FN3O3/c14-8-1-2-11(15-6-8)12-16-13(20-17-12)7-3-9(18)5-10(19)4-7/h1-6,18-19H. The van der Waals surface area contributed by atoms with Gasteiger partial charge in [-0.3, -0.25) is 0 Å². The molecular formula is C13H8FN3O3. The Balaban J connectivity index is 1.99. The molecule has 0 aliphatic rings. The van der Waals surface area contributed by atoms with Gasteiger partial charge in [-0.25, -0.2) is 9.37 Å². The van der Waals surface area contributed by atoms with Crippen LogP contribution in [-0.2, 0) is 0 Å². The molecule has 6 nitrogen and oxygen atoms in total. The van der Waals surface area contributed by atoms with E-state index in [0.29, 0.717) is 11.3 Å². The summed E-state index contributed by atoms with van der Waals surface area (Å²) in [6.45, 7) is 0. The molecule has 1 aromatic carbocycles. The maximum atomic E-state index is 12.8. The second kappa shape index (κ2) is 4.61. The summed E-state index contributed by atoms with van der Waals surface area (Å²) in [5, 5.41) is 22.5. The Kier molecular flexibility index (Phi) is 2.79. The first-order chi connectivity index (χ1) is 9.61. The molecule has 3 rings (SSSR count). The fraction of sp³-hybridized carbons (Fsp3) is 0. The highest BCUT2D eigenvalue weighted by Gasteiger charge is 2.13. The van der Waals surface area contributed by atoms with Gasteiger partial charge in [0.05, 0.1) is 6.20 Å². The summed E-state index contributed by atoms with van der Waals surface area (Å²) in [5.74, 6) is -0.421. The van der Waals surface area contributed by atoms with Crippen molar-refractivity contribution in [2.45, 2.75) is 0 Å². The molecule has 20 heavy (non-hydrogen) atoms. The molecule has 0 aliphatic carbocycles. The van der Waals surface area contributed by atoms with Crippen LogP contribution in [0.25, 0.3) is 23.0 Å². The lowest BCUT2D eigenvalue weighted by Gasteiger charge is -1.97. The lowest BCUT2D eigenvalue weighted by Crippen LogP contribution is -1.86. The largest absolute Gasteiger partial charge is 0.508 e. The van der Waals surface area contributed by atoms with Crippen molar-refractivity contribution >= 4 is 0 Å². The number of nitrogens with zero attached hydrogens (tertiary/aromatic N) is 3. The monoisotopic (exact) mass is 273 g/mol. The molecule has 0 atom stereocenters. The number of rotatable bonds is 2. The first kappa shape index (κ1) is 12.1. The van der Waals surface area contributed by atoms with E-state index < -0.39 is 5.82 Å². The molecule has 0 aliphatic heterocycles. The molecular weight excluding hydrogens is 265 g/mol. The molecule has 0 unspecified atom stereocenters. The minimum absolute atomic E-state index is 0.109. The van der Waals surface area contributed by atoms with Gasteiger partial charge in [-0.05, 0) is 24.3 Å². The second-order valence-corrected chi connectivity index (χ2v) is 4.02. The number of halogens is 1. The van der Waals surface area contributed by atoms with Crippen LogP contribution >= 0.6 is 0 Å². The zero-order valence-electron chi connectivity index (χ0n) is 9.99. The summed E-state index contributed by atoms with van der Waals surface area (Å²) in [4.78, 5) is 7.91. The average Bonchev–Trinajstić information content (AvgIpc) is 2.88. The number of benzene rings is 1. The number of phenolic OH excluding ortho intramolecular Hbond substituents is 2. The third kappa shape index (κ3) is 2.28. The van der Waals surface area contributed by atoms with Crippen molar-refractivity contribution in [3.8, 4) is 34.5 Å². The van der Waals surface area contributed by atoms with Gasteiger partial charge in [0, 0.05) is 11.6 Å². The van der Waals surface area contributed by atoms with E-state index in [1.54, 1.807) is 0 Å². The molecule has 7 heteroatoms. The number of phenols is 2. The lowest BCUT2D eigenvalue weighted by atomic mass is 10.2. The Morgan fingerprint density at radius 1 is 1.05 bits per heavy atom. The van der Waals surface area contributed by atoms with Crippen molar-refractivity contribution in [3.05, 3.63) is 42.3 Å². The Morgan fingerprint density at radius 3 is 2.45 bits per heavy atom. The normalized spacial score (nSPS) is 10.7. The molecule has 3 aromatic rings. The van der Waals surface area contributed by atoms with Crippen LogP contribution in [0.3, 0.4) is 0 Å². The molecule has 0 saturated heterocycles. The smallest absolute Gasteiger partial charge is 0.258 e. The molecule has 0 bridgehead atoms. The number of aromatic nitrogens is 3. The predicted octanol–water partition coefficient (Wildman–Crippen LogP) is 2.35. The first-order valence-corrected chi connectivity index (χ1v) is 5.61. The van der Waals surface area contributed by atoms with Crippen LogP contribution < -0.4 is 0 Å². The third-order valence-corrected chi connectivity index (χ3v) is 2.53. The van der Waals surface area contributed by atoms with Crippen molar-refractivity contribution in [3.63, 3.8) is 0 Å². The summed E-state index contributed by atoms with van der Waals surface area (Å²) >= 11 is 0. The van der Waals surface area contributed by atoms with Crippen molar-refractivity contribution in [1.29, 1.82) is 0 Å². The maximum Gasteiger partial charge on any atom is 0.258 e. The highest BCUT2D eigenvalue weighted by molar-refractivity contribution is 5.61. The molecule has 0 amide bonds. The van der Waals surface area contributed by atoms with Gasteiger partial charge in [0.25, 0.3) is 5.89 Å². The van der Waals surface area contributed by atoms with Crippen LogP contribution in [0, 0.1) is 5.82 Å². The summed E-state index contributed by atoms with van der Waals surface area (Å²) in [6, 6.07) is 6.58. The fourth-order valence-electron chi connectivity index (χ4n) is 1.67. The van der Waals surface area contributed by atoms with E-state index in [1.807, 2.05) is 0 Å². The van der Waals surface area contributed by atoms with Crippen molar-refractivity contribution in [1.82, 2.24) is 15.1 Å². The molecule has 0 fully saturated rings. The summed E-state index contributed by atoms with van der Waals surface area (Å²) < 4.78 is 17.8. The summed E-state index contributed by atoms with van der Waals surface area (Å²) in [5.41, 5.74) is 0.717. The molecule has 2 heterocycles. The van der Waals surface area contributed by atoms with E-state index in [9.17, 15) is 14.6 Å². The first-order valence-electron chi connectivity index (χ1n) is 5.61. The third-order valence-electron chi connectivity index (χ3n) is 2.53. The van der Waals surface area contributed by atoms with E-state index >= 15 is 0 Å². The maximum absolute atomic E-state index is 12.8. The Hall–Kier alpha value is -2.96. The molecule has 0 radical (unpaired) electrons. The second-order valence-electron chi connectivity index (χ2n) is 4.02. The van der Waals surface area contributed by atoms with Crippen molar-refractivity contribution in [2.24, 2.45) is 0 Å². The fourth-order valence-corrected chi connectivity index (χ4v) is 1.67. The molecule has 100 valence electrons. The quantitative estimate of drug-likeness (QED) is 0.744. The zero-order valence-corrected chi connectivity index (χ0v) is 9.99. The molecule has 0 saturated carbocycles. The highest BCUT2D eigenvalue weighted by atomic mass is 19.1. The number of hydrogen-bond donors (Lipinski definition) is 2. The SMILES string of the molecule is Oc1cc(O)cc(-c2nc(-c3ccc(F)cn3)no2)c1. The number of hydrogen-bond acceptors (Lipinski definition) is 6. The van der Waals surface area contributed by atoms with Crippen LogP contribution in [0.5, 0.6) is 11.5 Å². The van der Waals surface area contributed by atoms with Gasteiger partial charge < -0.3 is 14.7 Å². The Labute approximate surface area is 112 Å². The average molecular weight is 273 g/mol. The van der Waals surface area contributed by atoms with E-state index in [1.165, 1.54) is 30.3 Å². The van der Waals surface area contributed by atoms with E-state index in [2.05, 4.69) is 15.1 Å². The number of pyridine rings is 1. The minimum Gasteiger partial charge on any atom is -0.508 e. The zero-order chi connectivity index (χ0) is 14.1. The van der Waals surface area contributed by atoms with Gasteiger partial charge in [-0.15, -0.1) is 0 Å². The molecule has 2 aromatic heterocycles. The van der Waals surface area contributed by atoms with Crippen molar-refractivity contribution in [2.75, 3.05) is 0 Å². The number of aromatic hydroxyl groups is 2. The van der Waals surface area contributed by atoms with Crippen molar-refractivity contribution < 1.29 is 19.1 Å². The predicted molar refractivity (Wildman–Crippen MR) is 66.3 cm³/mol. The van der Waals surface area contributed by atoms with E-state index in [0.717, 1.165) is 6.20 Å². The van der Waals surface area contributed by atoms with Gasteiger partial charge in [-0.2, -0.15) is 4.98 Å². The van der Waals surface area contributed by atoms with Crippen LogP contribution in [0.1, 0.15) is 0 Å². The topological polar surface area (TPSA) is 92.3 Å². The van der Waals surface area contributed by atoms with E-state index in [4.69, 9.17) is 4.52 Å². The molecule has 2 N–H and O–H groups in total. The van der Waals surface area contributed by atoms with Gasteiger partial charge in [-0.1, -0.05) is 5.16 Å². The van der Waals surface area contributed by atoms with Crippen LogP contribution in [0.15, 0.2) is 41.1 Å².